The summed E-state index contributed by atoms with van der Waals surface area (Å²) in [5.74, 6) is 0.0190. The monoisotopic (exact) mass is 417 g/mol. The van der Waals surface area contributed by atoms with Crippen molar-refractivity contribution < 1.29 is 4.79 Å². The second-order valence-electron chi connectivity index (χ2n) is 6.38. The zero-order chi connectivity index (χ0) is 18.6. The molecule has 0 aromatic carbocycles. The van der Waals surface area contributed by atoms with Gasteiger partial charge in [-0.1, -0.05) is 6.07 Å². The first kappa shape index (κ1) is 20.2. The van der Waals surface area contributed by atoms with E-state index in [0.29, 0.717) is 22.4 Å². The van der Waals surface area contributed by atoms with E-state index in [1.54, 1.807) is 24.4 Å². The lowest BCUT2D eigenvalue weighted by Gasteiger charge is -2.20. The lowest BCUT2D eigenvalue weighted by molar-refractivity contribution is 0.102. The molecule has 0 spiro atoms. The largest absolute Gasteiger partial charge is 0.320 e. The Kier molecular flexibility index (Phi) is 6.56. The minimum atomic E-state index is -0.463. The van der Waals surface area contributed by atoms with Gasteiger partial charge in [0.1, 0.15) is 5.56 Å². The molecule has 146 valence electrons. The quantitative estimate of drug-likeness (QED) is 0.605. The maximum absolute atomic E-state index is 12.5. The standard InChI is InChI=1S/C19H19N5O2S.ClH/c25-17-13(4-5-15(23-17)14-3-1-2-8-21-14)18(26)24-19-22-11-16(27-19)12-6-9-20-10-7-12;/h1-5,8,11-12,20H,6-7,9-10H2,(H,23,25)(H,22,24,26);1H. The van der Waals surface area contributed by atoms with Crippen LogP contribution in [0.3, 0.4) is 0 Å². The molecule has 0 atom stereocenters. The lowest BCUT2D eigenvalue weighted by Crippen LogP contribution is -2.26. The fourth-order valence-electron chi connectivity index (χ4n) is 3.13. The van der Waals surface area contributed by atoms with Gasteiger partial charge in [-0.05, 0) is 56.1 Å². The van der Waals surface area contributed by atoms with Crippen LogP contribution in [-0.2, 0) is 0 Å². The molecule has 1 aliphatic rings. The Hall–Kier alpha value is -2.55. The molecular weight excluding hydrogens is 398 g/mol. The molecule has 0 bridgehead atoms. The second kappa shape index (κ2) is 9.09. The van der Waals surface area contributed by atoms with Crippen LogP contribution in [0.5, 0.6) is 0 Å². The summed E-state index contributed by atoms with van der Waals surface area (Å²) >= 11 is 1.48. The smallest absolute Gasteiger partial charge is 0.263 e. The molecule has 3 aromatic rings. The third-order valence-corrected chi connectivity index (χ3v) is 5.66. The van der Waals surface area contributed by atoms with Gasteiger partial charge >= 0.3 is 0 Å². The van der Waals surface area contributed by atoms with Crippen molar-refractivity contribution in [3.8, 4) is 11.4 Å². The summed E-state index contributed by atoms with van der Waals surface area (Å²) in [5.41, 5.74) is 0.812. The fourth-order valence-corrected chi connectivity index (χ4v) is 4.11. The normalized spacial score (nSPS) is 14.3. The Morgan fingerprint density at radius 1 is 1.14 bits per heavy atom. The number of nitrogens with one attached hydrogen (secondary N) is 3. The van der Waals surface area contributed by atoms with E-state index in [1.165, 1.54) is 22.3 Å². The number of anilines is 1. The molecule has 0 radical (unpaired) electrons. The van der Waals surface area contributed by atoms with Crippen molar-refractivity contribution in [1.82, 2.24) is 20.3 Å². The Morgan fingerprint density at radius 3 is 2.68 bits per heavy atom. The summed E-state index contributed by atoms with van der Waals surface area (Å²) in [6.07, 6.45) is 5.62. The van der Waals surface area contributed by atoms with Crippen LogP contribution in [0.25, 0.3) is 11.4 Å². The fraction of sp³-hybridized carbons (Fsp3) is 0.263. The van der Waals surface area contributed by atoms with Crippen molar-refractivity contribution in [2.75, 3.05) is 18.4 Å². The van der Waals surface area contributed by atoms with E-state index in [2.05, 4.69) is 25.6 Å². The number of rotatable bonds is 4. The maximum Gasteiger partial charge on any atom is 0.263 e. The van der Waals surface area contributed by atoms with Crippen molar-refractivity contribution in [2.24, 2.45) is 0 Å². The van der Waals surface area contributed by atoms with E-state index < -0.39 is 11.5 Å². The number of halogens is 1. The summed E-state index contributed by atoms with van der Waals surface area (Å²) in [6, 6.07) is 8.63. The number of thiazole rings is 1. The van der Waals surface area contributed by atoms with E-state index in [9.17, 15) is 9.59 Å². The third-order valence-electron chi connectivity index (χ3n) is 4.58. The van der Waals surface area contributed by atoms with Gasteiger partial charge in [0.15, 0.2) is 5.13 Å². The highest BCUT2D eigenvalue weighted by molar-refractivity contribution is 7.15. The molecule has 1 fully saturated rings. The van der Waals surface area contributed by atoms with E-state index in [-0.39, 0.29) is 18.0 Å². The first-order valence-corrected chi connectivity index (χ1v) is 9.65. The molecule has 1 amide bonds. The van der Waals surface area contributed by atoms with Crippen molar-refractivity contribution >= 4 is 34.8 Å². The highest BCUT2D eigenvalue weighted by Crippen LogP contribution is 2.31. The number of aromatic amines is 1. The zero-order valence-electron chi connectivity index (χ0n) is 15.0. The van der Waals surface area contributed by atoms with Crippen LogP contribution < -0.4 is 16.2 Å². The molecule has 0 unspecified atom stereocenters. The number of hydrogen-bond donors (Lipinski definition) is 3. The second-order valence-corrected chi connectivity index (χ2v) is 7.44. The average molecular weight is 418 g/mol. The number of H-pyrrole nitrogens is 1. The number of carbonyl (C=O) groups excluding carboxylic acids is 1. The summed E-state index contributed by atoms with van der Waals surface area (Å²) in [5, 5.41) is 6.59. The Bertz CT molecular complexity index is 999. The van der Waals surface area contributed by atoms with Gasteiger partial charge in [-0.2, -0.15) is 0 Å². The third kappa shape index (κ3) is 4.46. The molecule has 9 heteroatoms. The van der Waals surface area contributed by atoms with Gasteiger partial charge in [0.2, 0.25) is 0 Å². The Morgan fingerprint density at radius 2 is 1.96 bits per heavy atom. The van der Waals surface area contributed by atoms with E-state index >= 15 is 0 Å². The highest BCUT2D eigenvalue weighted by atomic mass is 35.5. The molecular formula is C19H20ClN5O2S. The number of hydrogen-bond acceptors (Lipinski definition) is 6. The SMILES string of the molecule is Cl.O=C(Nc1ncc(C2CCNCC2)s1)c1ccc(-c2ccccn2)[nH]c1=O. The summed E-state index contributed by atoms with van der Waals surface area (Å²) in [6.45, 7) is 2.00. The minimum absolute atomic E-state index is 0. The number of aromatic nitrogens is 3. The lowest BCUT2D eigenvalue weighted by atomic mass is 9.97. The van der Waals surface area contributed by atoms with Crippen molar-refractivity contribution in [3.63, 3.8) is 0 Å². The van der Waals surface area contributed by atoms with Crippen LogP contribution in [-0.4, -0.2) is 33.9 Å². The Balaban J connectivity index is 0.00000225. The Labute approximate surface area is 172 Å². The summed E-state index contributed by atoms with van der Waals surface area (Å²) < 4.78 is 0. The van der Waals surface area contributed by atoms with Crippen LogP contribution in [0, 0.1) is 0 Å². The van der Waals surface area contributed by atoms with Crippen molar-refractivity contribution in [3.05, 3.63) is 63.5 Å². The first-order valence-electron chi connectivity index (χ1n) is 8.83. The number of nitrogens with zero attached hydrogens (tertiary/aromatic N) is 2. The van der Waals surface area contributed by atoms with Gasteiger partial charge in [0, 0.05) is 17.3 Å². The van der Waals surface area contributed by atoms with Gasteiger partial charge in [0.05, 0.1) is 11.4 Å². The molecule has 3 aromatic heterocycles. The molecule has 1 saturated heterocycles. The molecule has 4 rings (SSSR count). The molecule has 4 heterocycles. The molecule has 7 nitrogen and oxygen atoms in total. The minimum Gasteiger partial charge on any atom is -0.320 e. The van der Waals surface area contributed by atoms with E-state index in [1.807, 2.05) is 12.3 Å². The average Bonchev–Trinajstić information content (AvgIpc) is 3.17. The van der Waals surface area contributed by atoms with Crippen molar-refractivity contribution in [1.29, 1.82) is 0 Å². The predicted molar refractivity (Wildman–Crippen MR) is 112 cm³/mol. The van der Waals surface area contributed by atoms with Gasteiger partial charge in [0.25, 0.3) is 11.5 Å². The summed E-state index contributed by atoms with van der Waals surface area (Å²) in [7, 11) is 0. The van der Waals surface area contributed by atoms with Crippen LogP contribution in [0.2, 0.25) is 0 Å². The van der Waals surface area contributed by atoms with Crippen LogP contribution in [0.1, 0.15) is 34.0 Å². The van der Waals surface area contributed by atoms with Gasteiger partial charge in [-0.15, -0.1) is 23.7 Å². The summed E-state index contributed by atoms with van der Waals surface area (Å²) in [4.78, 5) is 37.2. The molecule has 0 aliphatic carbocycles. The number of amides is 1. The van der Waals surface area contributed by atoms with Gasteiger partial charge in [-0.25, -0.2) is 4.98 Å². The predicted octanol–water partition coefficient (Wildman–Crippen LogP) is 3.03. The maximum atomic E-state index is 12.5. The van der Waals surface area contributed by atoms with Crippen molar-refractivity contribution in [2.45, 2.75) is 18.8 Å². The number of piperidine rings is 1. The van der Waals surface area contributed by atoms with Crippen LogP contribution in [0.4, 0.5) is 5.13 Å². The number of pyridine rings is 2. The molecule has 1 aliphatic heterocycles. The molecule has 28 heavy (non-hydrogen) atoms. The van der Waals surface area contributed by atoms with E-state index in [0.717, 1.165) is 25.9 Å². The van der Waals surface area contributed by atoms with Crippen LogP contribution in [0.15, 0.2) is 47.5 Å². The molecule has 0 saturated carbocycles. The van der Waals surface area contributed by atoms with Crippen LogP contribution >= 0.6 is 23.7 Å². The topological polar surface area (TPSA) is 99.8 Å². The first-order chi connectivity index (χ1) is 13.2. The van der Waals surface area contributed by atoms with Gasteiger partial charge in [-0.3, -0.25) is 19.9 Å². The zero-order valence-corrected chi connectivity index (χ0v) is 16.6. The van der Waals surface area contributed by atoms with Gasteiger partial charge < -0.3 is 10.3 Å². The molecule has 3 N–H and O–H groups in total. The highest BCUT2D eigenvalue weighted by Gasteiger charge is 2.19. The number of carbonyl (C=O) groups is 1. The van der Waals surface area contributed by atoms with E-state index in [4.69, 9.17) is 0 Å².